The summed E-state index contributed by atoms with van der Waals surface area (Å²) in [7, 11) is 0. The molecule has 0 aliphatic rings. The maximum Gasteiger partial charge on any atom is 0.408 e. The van der Waals surface area contributed by atoms with Crippen molar-refractivity contribution in [3.05, 3.63) is 0 Å². The molecule has 0 saturated carbocycles. The Labute approximate surface area is 210 Å². The van der Waals surface area contributed by atoms with Crippen LogP contribution in [0.15, 0.2) is 0 Å². The van der Waals surface area contributed by atoms with Gasteiger partial charge >= 0.3 is 24.1 Å². The smallest absolute Gasteiger partial charge is 0.408 e. The van der Waals surface area contributed by atoms with Crippen molar-refractivity contribution >= 4 is 24.1 Å². The van der Waals surface area contributed by atoms with Crippen molar-refractivity contribution in [2.24, 2.45) is 0 Å². The van der Waals surface area contributed by atoms with Gasteiger partial charge in [-0.2, -0.15) is 0 Å². The van der Waals surface area contributed by atoms with Gasteiger partial charge in [0.1, 0.15) is 29.9 Å². The van der Waals surface area contributed by atoms with Crippen LogP contribution in [-0.4, -0.2) is 72.3 Å². The van der Waals surface area contributed by atoms with Crippen LogP contribution in [0.4, 0.5) is 9.59 Å². The molecular weight excluding hydrogens is 460 g/mol. The Morgan fingerprint density at radius 3 is 1.57 bits per heavy atom. The first kappa shape index (κ1) is 37.0. The second-order valence-electron chi connectivity index (χ2n) is 9.21. The molecule has 0 unspecified atom stereocenters. The van der Waals surface area contributed by atoms with Gasteiger partial charge in [0.2, 0.25) is 0 Å². The number of rotatable bonds is 10. The molecule has 2 atom stereocenters. The van der Waals surface area contributed by atoms with Gasteiger partial charge in [-0.3, -0.25) is 4.79 Å². The quantitative estimate of drug-likeness (QED) is 0.223. The minimum atomic E-state index is -1.09. The number of nitrogens with one attached hydrogen (secondary N) is 2. The van der Waals surface area contributed by atoms with Crippen LogP contribution < -0.4 is 10.6 Å². The fourth-order valence-corrected chi connectivity index (χ4v) is 1.76. The average Bonchev–Trinajstić information content (AvgIpc) is 2.69. The zero-order valence-electron chi connectivity index (χ0n) is 23.4. The van der Waals surface area contributed by atoms with Gasteiger partial charge in [-0.1, -0.05) is 27.2 Å². The molecule has 0 rings (SSSR count). The van der Waals surface area contributed by atoms with E-state index in [-0.39, 0.29) is 6.61 Å². The van der Waals surface area contributed by atoms with Crippen molar-refractivity contribution in [2.75, 3.05) is 19.8 Å². The number of alkyl carbamates (subject to hydrolysis) is 2. The fourth-order valence-electron chi connectivity index (χ4n) is 1.76. The molecule has 0 aliphatic heterocycles. The van der Waals surface area contributed by atoms with Crippen LogP contribution in [0.25, 0.3) is 0 Å². The van der Waals surface area contributed by atoms with Crippen LogP contribution >= 0.6 is 0 Å². The van der Waals surface area contributed by atoms with Crippen LogP contribution in [0.2, 0.25) is 0 Å². The van der Waals surface area contributed by atoms with Gasteiger partial charge in [0.05, 0.1) is 6.61 Å². The average molecular weight is 509 g/mol. The predicted molar refractivity (Wildman–Crippen MR) is 133 cm³/mol. The molecule has 11 nitrogen and oxygen atoms in total. The molecule has 0 saturated heterocycles. The molecule has 0 aromatic heterocycles. The van der Waals surface area contributed by atoms with E-state index in [1.54, 1.807) is 48.5 Å². The van der Waals surface area contributed by atoms with E-state index in [2.05, 4.69) is 17.6 Å². The minimum Gasteiger partial charge on any atom is -0.480 e. The van der Waals surface area contributed by atoms with E-state index >= 15 is 0 Å². The highest BCUT2D eigenvalue weighted by Crippen LogP contribution is 2.07. The first-order chi connectivity index (χ1) is 16.0. The van der Waals surface area contributed by atoms with Gasteiger partial charge < -0.3 is 34.7 Å². The molecule has 0 fully saturated rings. The Hall–Kier alpha value is -2.56. The first-order valence-corrected chi connectivity index (χ1v) is 11.9. The number of hydrogen-bond donors (Lipinski definition) is 3. The molecule has 0 aliphatic carbocycles. The lowest BCUT2D eigenvalue weighted by atomic mass is 10.2. The highest BCUT2D eigenvalue weighted by Gasteiger charge is 2.22. The molecule has 2 amide bonds. The Balaban J connectivity index is -0.000000590. The maximum absolute atomic E-state index is 11.6. The Morgan fingerprint density at radius 2 is 1.20 bits per heavy atom. The maximum atomic E-state index is 11.6. The SMILES string of the molecule is CC.CCCCOCCOC(=O)[C@H](C)NC(=O)OC(C)(C)C.C[C@H](NC(=O)OC(C)(C)C)C(=O)O. The first-order valence-electron chi connectivity index (χ1n) is 11.9. The summed E-state index contributed by atoms with van der Waals surface area (Å²) in [4.78, 5) is 44.3. The zero-order chi connectivity index (χ0) is 28.2. The van der Waals surface area contributed by atoms with Crippen LogP contribution in [0.3, 0.4) is 0 Å². The molecule has 0 aromatic carbocycles. The number of amides is 2. The number of carboxylic acid groups (broad SMARTS) is 1. The third-order valence-electron chi connectivity index (χ3n) is 3.30. The van der Waals surface area contributed by atoms with E-state index in [1.165, 1.54) is 6.92 Å². The molecule has 0 bridgehead atoms. The molecule has 0 heterocycles. The van der Waals surface area contributed by atoms with Gasteiger partial charge in [-0.25, -0.2) is 14.4 Å². The number of aliphatic carboxylic acids is 1. The van der Waals surface area contributed by atoms with E-state index in [0.29, 0.717) is 13.2 Å². The van der Waals surface area contributed by atoms with Gasteiger partial charge in [-0.05, 0) is 61.8 Å². The Morgan fingerprint density at radius 1 is 0.771 bits per heavy atom. The summed E-state index contributed by atoms with van der Waals surface area (Å²) >= 11 is 0. The van der Waals surface area contributed by atoms with E-state index in [4.69, 9.17) is 24.1 Å². The van der Waals surface area contributed by atoms with Gasteiger partial charge in [0.15, 0.2) is 0 Å². The summed E-state index contributed by atoms with van der Waals surface area (Å²) in [5, 5.41) is 13.1. The largest absolute Gasteiger partial charge is 0.480 e. The van der Waals surface area contributed by atoms with E-state index in [9.17, 15) is 19.2 Å². The molecular formula is C24H48N2O9. The third-order valence-corrected chi connectivity index (χ3v) is 3.30. The highest BCUT2D eigenvalue weighted by molar-refractivity contribution is 5.81. The molecule has 35 heavy (non-hydrogen) atoms. The third kappa shape index (κ3) is 27.6. The summed E-state index contributed by atoms with van der Waals surface area (Å²) in [6.45, 7) is 20.6. The van der Waals surface area contributed by atoms with Gasteiger partial charge in [-0.15, -0.1) is 0 Å². The summed E-state index contributed by atoms with van der Waals surface area (Å²) in [5.41, 5.74) is -1.21. The van der Waals surface area contributed by atoms with Crippen LogP contribution in [0, 0.1) is 0 Å². The minimum absolute atomic E-state index is 0.183. The van der Waals surface area contributed by atoms with Crippen molar-refractivity contribution in [2.45, 2.75) is 112 Å². The van der Waals surface area contributed by atoms with Crippen molar-refractivity contribution in [1.82, 2.24) is 10.6 Å². The lowest BCUT2D eigenvalue weighted by Gasteiger charge is -2.21. The van der Waals surface area contributed by atoms with Gasteiger partial charge in [0.25, 0.3) is 0 Å². The van der Waals surface area contributed by atoms with Crippen molar-refractivity contribution in [3.63, 3.8) is 0 Å². The molecule has 0 radical (unpaired) electrons. The molecule has 0 aromatic rings. The molecule has 3 N–H and O–H groups in total. The van der Waals surface area contributed by atoms with Gasteiger partial charge in [0, 0.05) is 6.61 Å². The monoisotopic (exact) mass is 508 g/mol. The number of esters is 1. The summed E-state index contributed by atoms with van der Waals surface area (Å²) < 4.78 is 20.1. The molecule has 0 spiro atoms. The van der Waals surface area contributed by atoms with Crippen molar-refractivity contribution < 1.29 is 43.2 Å². The van der Waals surface area contributed by atoms with Crippen LogP contribution in [-0.2, 0) is 28.5 Å². The predicted octanol–water partition coefficient (Wildman–Crippen LogP) is 4.27. The van der Waals surface area contributed by atoms with Crippen LogP contribution in [0.5, 0.6) is 0 Å². The van der Waals surface area contributed by atoms with Crippen LogP contribution in [0.1, 0.15) is 89.0 Å². The number of carboxylic acids is 1. The topological polar surface area (TPSA) is 149 Å². The van der Waals surface area contributed by atoms with E-state index in [0.717, 1.165) is 12.8 Å². The normalized spacial score (nSPS) is 12.3. The fraction of sp³-hybridized carbons (Fsp3) is 0.833. The summed E-state index contributed by atoms with van der Waals surface area (Å²) in [6, 6.07) is -1.68. The standard InChI is InChI=1S/C14H27NO5.C8H15NO4.C2H6/c1-6-7-8-18-9-10-19-12(16)11(2)15-13(17)20-14(3,4)5;1-5(6(10)11)9-7(12)13-8(2,3)4;1-2/h11H,6-10H2,1-5H3,(H,15,17);5H,1-4H3,(H,9,12)(H,10,11);1-2H3/t11-;5-;/m00./s1. The number of unbranched alkanes of at least 4 members (excludes halogenated alkanes) is 1. The lowest BCUT2D eigenvalue weighted by molar-refractivity contribution is -0.147. The van der Waals surface area contributed by atoms with Crippen molar-refractivity contribution in [1.29, 1.82) is 0 Å². The zero-order valence-corrected chi connectivity index (χ0v) is 23.4. The van der Waals surface area contributed by atoms with Crippen molar-refractivity contribution in [3.8, 4) is 0 Å². The molecule has 11 heteroatoms. The Kier molecular flexibility index (Phi) is 20.8. The second kappa shape index (κ2) is 19.7. The number of hydrogen-bond acceptors (Lipinski definition) is 8. The number of ether oxygens (including phenoxy) is 4. The second-order valence-corrected chi connectivity index (χ2v) is 9.21. The number of carbonyl (C=O) groups excluding carboxylic acids is 3. The lowest BCUT2D eigenvalue weighted by Crippen LogP contribution is -2.42. The number of carbonyl (C=O) groups is 4. The summed E-state index contributed by atoms with van der Waals surface area (Å²) in [6.07, 6.45) is 0.699. The highest BCUT2D eigenvalue weighted by atomic mass is 16.6. The molecule has 208 valence electrons. The van der Waals surface area contributed by atoms with E-state index in [1.807, 2.05) is 13.8 Å². The Bertz CT molecular complexity index is 611. The summed E-state index contributed by atoms with van der Waals surface area (Å²) in [5.74, 6) is -1.60. The van der Waals surface area contributed by atoms with E-state index < -0.39 is 47.4 Å².